The third-order valence-corrected chi connectivity index (χ3v) is 3.46. The molecule has 0 atom stereocenters. The topological polar surface area (TPSA) is 55.6 Å². The van der Waals surface area contributed by atoms with Gasteiger partial charge in [0.1, 0.15) is 11.4 Å². The fraction of sp³-hybridized carbons (Fsp3) is 0.133. The zero-order chi connectivity index (χ0) is 14.1. The molecule has 1 amide bonds. The van der Waals surface area contributed by atoms with E-state index in [1.165, 1.54) is 0 Å². The Labute approximate surface area is 121 Å². The van der Waals surface area contributed by atoms with Crippen LogP contribution in [-0.4, -0.2) is 12.5 Å². The van der Waals surface area contributed by atoms with Crippen molar-refractivity contribution in [3.05, 3.63) is 53.1 Å². The van der Waals surface area contributed by atoms with Crippen molar-refractivity contribution in [1.29, 1.82) is 0 Å². The minimum Gasteiger partial charge on any atom is -0.481 e. The van der Waals surface area contributed by atoms with Gasteiger partial charge in [-0.25, -0.2) is 0 Å². The van der Waals surface area contributed by atoms with Crippen molar-refractivity contribution in [2.24, 2.45) is 0 Å². The minimum absolute atomic E-state index is 0.0318. The van der Waals surface area contributed by atoms with Crippen molar-refractivity contribution in [3.8, 4) is 5.75 Å². The van der Waals surface area contributed by atoms with E-state index < -0.39 is 0 Å². The van der Waals surface area contributed by atoms with Crippen LogP contribution in [0.5, 0.6) is 5.75 Å². The number of nitrogens with zero attached hydrogens (tertiary/aromatic N) is 1. The normalized spacial score (nSPS) is 13.8. The molecule has 1 aliphatic rings. The van der Waals surface area contributed by atoms with Crippen molar-refractivity contribution in [1.82, 2.24) is 0 Å². The second-order valence-electron chi connectivity index (χ2n) is 4.59. The SMILES string of the molecule is Nc1cccc2c1N(Cc1ccc(Cl)cc1)C(=O)CO2. The summed E-state index contributed by atoms with van der Waals surface area (Å²) in [6.45, 7) is 0.477. The average molecular weight is 289 g/mol. The van der Waals surface area contributed by atoms with Gasteiger partial charge in [-0.1, -0.05) is 29.8 Å². The van der Waals surface area contributed by atoms with Crippen LogP contribution >= 0.6 is 11.6 Å². The fourth-order valence-corrected chi connectivity index (χ4v) is 2.35. The predicted octanol–water partition coefficient (Wildman–Crippen LogP) is 2.85. The van der Waals surface area contributed by atoms with Gasteiger partial charge in [-0.3, -0.25) is 9.69 Å². The molecule has 20 heavy (non-hydrogen) atoms. The number of carbonyl (C=O) groups is 1. The predicted molar refractivity (Wildman–Crippen MR) is 79.0 cm³/mol. The highest BCUT2D eigenvalue weighted by Gasteiger charge is 2.27. The molecule has 0 unspecified atom stereocenters. The van der Waals surface area contributed by atoms with Gasteiger partial charge in [0.05, 0.1) is 12.2 Å². The lowest BCUT2D eigenvalue weighted by Gasteiger charge is -2.30. The summed E-state index contributed by atoms with van der Waals surface area (Å²) in [6.07, 6.45) is 0. The largest absolute Gasteiger partial charge is 0.481 e. The maximum absolute atomic E-state index is 12.1. The first kappa shape index (κ1) is 12.8. The maximum atomic E-state index is 12.1. The molecule has 102 valence electrons. The highest BCUT2D eigenvalue weighted by Crippen LogP contribution is 2.37. The average Bonchev–Trinajstić information content (AvgIpc) is 2.44. The van der Waals surface area contributed by atoms with Crippen LogP contribution < -0.4 is 15.4 Å². The van der Waals surface area contributed by atoms with Crippen LogP contribution in [0.1, 0.15) is 5.56 Å². The van der Waals surface area contributed by atoms with Crippen molar-refractivity contribution < 1.29 is 9.53 Å². The Morgan fingerprint density at radius 1 is 1.20 bits per heavy atom. The van der Waals surface area contributed by atoms with E-state index in [-0.39, 0.29) is 12.5 Å². The summed E-state index contributed by atoms with van der Waals surface area (Å²) in [5.74, 6) is 0.531. The number of anilines is 2. The van der Waals surface area contributed by atoms with Gasteiger partial charge in [-0.05, 0) is 29.8 Å². The lowest BCUT2D eigenvalue weighted by Crippen LogP contribution is -2.38. The van der Waals surface area contributed by atoms with E-state index in [4.69, 9.17) is 22.1 Å². The molecule has 0 aliphatic carbocycles. The number of rotatable bonds is 2. The summed E-state index contributed by atoms with van der Waals surface area (Å²) in [5.41, 5.74) is 8.13. The smallest absolute Gasteiger partial charge is 0.265 e. The molecule has 5 heteroatoms. The van der Waals surface area contributed by atoms with Crippen LogP contribution in [-0.2, 0) is 11.3 Å². The molecule has 1 heterocycles. The number of carbonyl (C=O) groups excluding carboxylic acids is 1. The number of ether oxygens (including phenoxy) is 1. The number of nitrogens with two attached hydrogens (primary N) is 1. The molecule has 0 saturated carbocycles. The molecule has 0 aromatic heterocycles. The Morgan fingerprint density at radius 2 is 1.95 bits per heavy atom. The van der Waals surface area contributed by atoms with Gasteiger partial charge < -0.3 is 10.5 Å². The van der Waals surface area contributed by atoms with Crippen molar-refractivity contribution in [2.45, 2.75) is 6.54 Å². The van der Waals surface area contributed by atoms with E-state index >= 15 is 0 Å². The summed E-state index contributed by atoms with van der Waals surface area (Å²) in [6, 6.07) is 12.8. The first-order valence-electron chi connectivity index (χ1n) is 6.21. The molecule has 0 spiro atoms. The van der Waals surface area contributed by atoms with Gasteiger partial charge in [0.25, 0.3) is 5.91 Å². The molecule has 2 aromatic carbocycles. The number of amides is 1. The van der Waals surface area contributed by atoms with Crippen molar-refractivity contribution in [3.63, 3.8) is 0 Å². The van der Waals surface area contributed by atoms with Gasteiger partial charge in [0.2, 0.25) is 0 Å². The second kappa shape index (κ2) is 5.06. The van der Waals surface area contributed by atoms with Gasteiger partial charge in [-0.2, -0.15) is 0 Å². The van der Waals surface area contributed by atoms with E-state index in [9.17, 15) is 4.79 Å². The number of hydrogen-bond acceptors (Lipinski definition) is 3. The summed E-state index contributed by atoms with van der Waals surface area (Å²) in [4.78, 5) is 13.8. The monoisotopic (exact) mass is 288 g/mol. The van der Waals surface area contributed by atoms with Gasteiger partial charge in [-0.15, -0.1) is 0 Å². The van der Waals surface area contributed by atoms with Gasteiger partial charge in [0, 0.05) is 5.02 Å². The number of para-hydroxylation sites is 1. The lowest BCUT2D eigenvalue weighted by atomic mass is 10.1. The molecule has 4 nitrogen and oxygen atoms in total. The summed E-state index contributed by atoms with van der Waals surface area (Å²) in [7, 11) is 0. The zero-order valence-corrected chi connectivity index (χ0v) is 11.4. The molecule has 0 saturated heterocycles. The zero-order valence-electron chi connectivity index (χ0n) is 10.7. The van der Waals surface area contributed by atoms with Gasteiger partial charge in [0.15, 0.2) is 6.61 Å². The highest BCUT2D eigenvalue weighted by molar-refractivity contribution is 6.30. The van der Waals surface area contributed by atoms with Crippen molar-refractivity contribution in [2.75, 3.05) is 17.2 Å². The summed E-state index contributed by atoms with van der Waals surface area (Å²) < 4.78 is 5.41. The van der Waals surface area contributed by atoms with Crippen LogP contribution in [0, 0.1) is 0 Å². The second-order valence-corrected chi connectivity index (χ2v) is 5.03. The van der Waals surface area contributed by atoms with Crippen LogP contribution in [0.3, 0.4) is 0 Å². The highest BCUT2D eigenvalue weighted by atomic mass is 35.5. The van der Waals surface area contributed by atoms with Crippen LogP contribution in [0.4, 0.5) is 11.4 Å². The summed E-state index contributed by atoms with van der Waals surface area (Å²) in [5, 5.41) is 0.668. The molecule has 0 radical (unpaired) electrons. The maximum Gasteiger partial charge on any atom is 0.265 e. The van der Waals surface area contributed by atoms with Gasteiger partial charge >= 0.3 is 0 Å². The van der Waals surface area contributed by atoms with E-state index in [1.807, 2.05) is 24.3 Å². The van der Waals surface area contributed by atoms with E-state index in [0.29, 0.717) is 28.7 Å². The third kappa shape index (κ3) is 2.30. The molecule has 2 N–H and O–H groups in total. The number of nitrogen functional groups attached to an aromatic ring is 1. The van der Waals surface area contributed by atoms with Crippen LogP contribution in [0.25, 0.3) is 0 Å². The minimum atomic E-state index is -0.106. The first-order valence-corrected chi connectivity index (χ1v) is 6.59. The molecule has 0 bridgehead atoms. The van der Waals surface area contributed by atoms with Crippen molar-refractivity contribution >= 4 is 28.9 Å². The van der Waals surface area contributed by atoms with E-state index in [1.54, 1.807) is 23.1 Å². The number of benzene rings is 2. The molecule has 1 aliphatic heterocycles. The Morgan fingerprint density at radius 3 is 2.70 bits per heavy atom. The van der Waals surface area contributed by atoms with Crippen LogP contribution in [0.15, 0.2) is 42.5 Å². The first-order chi connectivity index (χ1) is 9.65. The molecule has 2 aromatic rings. The Balaban J connectivity index is 1.97. The Hall–Kier alpha value is -2.20. The standard InChI is InChI=1S/C15H13ClN2O2/c16-11-6-4-10(5-7-11)8-18-14(19)9-20-13-3-1-2-12(17)15(13)18/h1-7H,8-9,17H2. The summed E-state index contributed by atoms with van der Waals surface area (Å²) >= 11 is 5.87. The number of hydrogen-bond donors (Lipinski definition) is 1. The lowest BCUT2D eigenvalue weighted by molar-refractivity contribution is -0.121. The fourth-order valence-electron chi connectivity index (χ4n) is 2.23. The Kier molecular flexibility index (Phi) is 3.24. The molecule has 3 rings (SSSR count). The van der Waals surface area contributed by atoms with E-state index in [0.717, 1.165) is 5.56 Å². The third-order valence-electron chi connectivity index (χ3n) is 3.21. The molecule has 0 fully saturated rings. The molecular weight excluding hydrogens is 276 g/mol. The molecular formula is C15H13ClN2O2. The number of fused-ring (bicyclic) bond motifs is 1. The van der Waals surface area contributed by atoms with E-state index in [2.05, 4.69) is 0 Å². The quantitative estimate of drug-likeness (QED) is 0.865. The Bertz CT molecular complexity index is 655. The number of halogens is 1. The van der Waals surface area contributed by atoms with Crippen LogP contribution in [0.2, 0.25) is 5.02 Å².